The lowest BCUT2D eigenvalue weighted by molar-refractivity contribution is 0.102. The molecule has 0 fully saturated rings. The van der Waals surface area contributed by atoms with Crippen LogP contribution in [0.15, 0.2) is 55.0 Å². The summed E-state index contributed by atoms with van der Waals surface area (Å²) in [5, 5.41) is 6.34. The standard InChI is InChI=1S/C27H33N9O/c1-18-10-11-19(26(37)31-20-8-7-9-21(15-20)35(4)5)14-22(18)32-25-24-23(29-17-30-25)16-28-27(33-24)36(6)13-12-34(2)3/h7-11,14-17H,12-13H2,1-6H3,(H,31,37)(H,29,30,32). The van der Waals surface area contributed by atoms with E-state index < -0.39 is 0 Å². The van der Waals surface area contributed by atoms with E-state index in [1.165, 1.54) is 6.33 Å². The van der Waals surface area contributed by atoms with Gasteiger partial charge in [0.05, 0.1) is 6.20 Å². The Morgan fingerprint density at radius 2 is 1.76 bits per heavy atom. The van der Waals surface area contributed by atoms with Crippen molar-refractivity contribution in [2.24, 2.45) is 0 Å². The molecule has 10 nitrogen and oxygen atoms in total. The number of fused-ring (bicyclic) bond motifs is 1. The van der Waals surface area contributed by atoms with Crippen LogP contribution in [-0.4, -0.2) is 79.1 Å². The van der Waals surface area contributed by atoms with Crippen LogP contribution in [0.3, 0.4) is 0 Å². The van der Waals surface area contributed by atoms with Crippen molar-refractivity contribution in [3.8, 4) is 0 Å². The molecule has 0 saturated heterocycles. The van der Waals surface area contributed by atoms with E-state index in [0.29, 0.717) is 28.4 Å². The van der Waals surface area contributed by atoms with Gasteiger partial charge in [0.25, 0.3) is 5.91 Å². The average molecular weight is 500 g/mol. The molecule has 0 aliphatic heterocycles. The Balaban J connectivity index is 1.59. The minimum Gasteiger partial charge on any atom is -0.378 e. The van der Waals surface area contributed by atoms with E-state index in [2.05, 4.69) is 30.5 Å². The van der Waals surface area contributed by atoms with Crippen LogP contribution in [0, 0.1) is 6.92 Å². The largest absolute Gasteiger partial charge is 0.378 e. The highest BCUT2D eigenvalue weighted by molar-refractivity contribution is 6.05. The molecule has 2 aromatic heterocycles. The topological polar surface area (TPSA) is 102 Å². The number of rotatable bonds is 9. The number of aromatic nitrogens is 4. The van der Waals surface area contributed by atoms with Gasteiger partial charge in [0.1, 0.15) is 17.4 Å². The number of hydrogen-bond donors (Lipinski definition) is 2. The minimum atomic E-state index is -0.196. The van der Waals surface area contributed by atoms with Gasteiger partial charge < -0.3 is 25.3 Å². The summed E-state index contributed by atoms with van der Waals surface area (Å²) in [6.45, 7) is 3.63. The van der Waals surface area contributed by atoms with Gasteiger partial charge in [0.15, 0.2) is 5.82 Å². The molecular formula is C27H33N9O. The fraction of sp³-hybridized carbons (Fsp3) is 0.296. The number of carbonyl (C=O) groups excluding carboxylic acids is 1. The highest BCUT2D eigenvalue weighted by atomic mass is 16.1. The van der Waals surface area contributed by atoms with Crippen molar-refractivity contribution in [1.29, 1.82) is 0 Å². The zero-order valence-electron chi connectivity index (χ0n) is 22.1. The summed E-state index contributed by atoms with van der Waals surface area (Å²) >= 11 is 0. The van der Waals surface area contributed by atoms with Gasteiger partial charge in [0, 0.05) is 56.9 Å². The maximum Gasteiger partial charge on any atom is 0.255 e. The normalized spacial score (nSPS) is 11.0. The summed E-state index contributed by atoms with van der Waals surface area (Å²) in [7, 11) is 9.95. The van der Waals surface area contributed by atoms with Crippen molar-refractivity contribution in [3.05, 3.63) is 66.1 Å². The maximum absolute atomic E-state index is 13.0. The number of carbonyl (C=O) groups is 1. The van der Waals surface area contributed by atoms with E-state index in [-0.39, 0.29) is 5.91 Å². The van der Waals surface area contributed by atoms with E-state index in [0.717, 1.165) is 35.7 Å². The highest BCUT2D eigenvalue weighted by Gasteiger charge is 2.14. The summed E-state index contributed by atoms with van der Waals surface area (Å²) in [4.78, 5) is 37.1. The number of aryl methyl sites for hydroxylation is 1. The van der Waals surface area contributed by atoms with Gasteiger partial charge in [-0.15, -0.1) is 0 Å². The lowest BCUT2D eigenvalue weighted by atomic mass is 10.1. The van der Waals surface area contributed by atoms with Crippen molar-refractivity contribution in [1.82, 2.24) is 24.8 Å². The Morgan fingerprint density at radius 1 is 0.946 bits per heavy atom. The first kappa shape index (κ1) is 25.8. The number of hydrogen-bond acceptors (Lipinski definition) is 9. The molecule has 1 amide bonds. The second-order valence-electron chi connectivity index (χ2n) is 9.40. The van der Waals surface area contributed by atoms with Crippen molar-refractivity contribution < 1.29 is 4.79 Å². The lowest BCUT2D eigenvalue weighted by Gasteiger charge is -2.20. The van der Waals surface area contributed by atoms with Gasteiger partial charge in [-0.1, -0.05) is 12.1 Å². The molecule has 0 unspecified atom stereocenters. The molecule has 4 rings (SSSR count). The molecule has 0 aliphatic carbocycles. The summed E-state index contributed by atoms with van der Waals surface area (Å²) in [5.41, 5.74) is 5.24. The van der Waals surface area contributed by atoms with Gasteiger partial charge >= 0.3 is 0 Å². The molecule has 0 spiro atoms. The van der Waals surface area contributed by atoms with Crippen LogP contribution in [-0.2, 0) is 0 Å². The van der Waals surface area contributed by atoms with E-state index >= 15 is 0 Å². The molecule has 0 bridgehead atoms. The van der Waals surface area contributed by atoms with Crippen LogP contribution >= 0.6 is 0 Å². The predicted molar refractivity (Wildman–Crippen MR) is 150 cm³/mol. The Hall–Kier alpha value is -4.31. The summed E-state index contributed by atoms with van der Waals surface area (Å²) in [5.74, 6) is 0.949. The molecule has 4 aromatic rings. The first-order valence-corrected chi connectivity index (χ1v) is 12.0. The van der Waals surface area contributed by atoms with Crippen LogP contribution in [0.2, 0.25) is 0 Å². The Kier molecular flexibility index (Phi) is 7.78. The molecule has 10 heteroatoms. The number of amides is 1. The molecule has 0 radical (unpaired) electrons. The predicted octanol–water partition coefficient (Wildman–Crippen LogP) is 3.79. The number of nitrogens with zero attached hydrogens (tertiary/aromatic N) is 7. The number of likely N-dealkylation sites (N-methyl/N-ethyl adjacent to an activating group) is 2. The number of benzene rings is 2. The van der Waals surface area contributed by atoms with Gasteiger partial charge in [-0.25, -0.2) is 19.9 Å². The second-order valence-corrected chi connectivity index (χ2v) is 9.40. The molecule has 192 valence electrons. The van der Waals surface area contributed by atoms with E-state index in [1.54, 1.807) is 6.20 Å². The number of nitrogens with one attached hydrogen (secondary N) is 2. The van der Waals surface area contributed by atoms with Crippen molar-refractivity contribution >= 4 is 45.8 Å². The quantitative estimate of drug-likeness (QED) is 0.356. The monoisotopic (exact) mass is 499 g/mol. The molecule has 37 heavy (non-hydrogen) atoms. The summed E-state index contributed by atoms with van der Waals surface area (Å²) < 4.78 is 0. The van der Waals surface area contributed by atoms with Crippen molar-refractivity contribution in [3.63, 3.8) is 0 Å². The lowest BCUT2D eigenvalue weighted by Crippen LogP contribution is -2.29. The van der Waals surface area contributed by atoms with Gasteiger partial charge in [0.2, 0.25) is 5.95 Å². The Morgan fingerprint density at radius 3 is 2.51 bits per heavy atom. The van der Waals surface area contributed by atoms with Crippen LogP contribution in [0.1, 0.15) is 15.9 Å². The Bertz CT molecular complexity index is 1400. The third kappa shape index (κ3) is 6.28. The first-order valence-electron chi connectivity index (χ1n) is 12.0. The molecule has 2 N–H and O–H groups in total. The zero-order chi connectivity index (χ0) is 26.5. The zero-order valence-corrected chi connectivity index (χ0v) is 22.1. The third-order valence-electron chi connectivity index (χ3n) is 5.96. The van der Waals surface area contributed by atoms with Crippen LogP contribution < -0.4 is 20.4 Å². The fourth-order valence-corrected chi connectivity index (χ4v) is 3.66. The molecule has 0 aliphatic rings. The molecule has 2 aromatic carbocycles. The smallest absolute Gasteiger partial charge is 0.255 e. The third-order valence-corrected chi connectivity index (χ3v) is 5.96. The first-order chi connectivity index (χ1) is 17.7. The number of anilines is 5. The summed E-state index contributed by atoms with van der Waals surface area (Å²) in [6, 6.07) is 13.3. The molecule has 2 heterocycles. The maximum atomic E-state index is 13.0. The van der Waals surface area contributed by atoms with Crippen LogP contribution in [0.25, 0.3) is 11.0 Å². The highest BCUT2D eigenvalue weighted by Crippen LogP contribution is 2.26. The average Bonchev–Trinajstić information content (AvgIpc) is 2.88. The van der Waals surface area contributed by atoms with E-state index in [4.69, 9.17) is 4.98 Å². The molecule has 0 saturated carbocycles. The SMILES string of the molecule is Cc1ccc(C(=O)Nc2cccc(N(C)C)c2)cc1Nc1ncnc2cnc(N(C)CCN(C)C)nc12. The van der Waals surface area contributed by atoms with E-state index in [1.807, 2.05) is 94.4 Å². The second kappa shape index (κ2) is 11.2. The van der Waals surface area contributed by atoms with Gasteiger partial charge in [-0.05, 0) is 56.9 Å². The van der Waals surface area contributed by atoms with Crippen molar-refractivity contribution in [2.45, 2.75) is 6.92 Å². The van der Waals surface area contributed by atoms with Crippen LogP contribution in [0.4, 0.5) is 28.8 Å². The van der Waals surface area contributed by atoms with E-state index in [9.17, 15) is 4.79 Å². The van der Waals surface area contributed by atoms with Crippen LogP contribution in [0.5, 0.6) is 0 Å². The van der Waals surface area contributed by atoms with Gasteiger partial charge in [-0.2, -0.15) is 0 Å². The molecule has 0 atom stereocenters. The molecular weight excluding hydrogens is 466 g/mol. The van der Waals surface area contributed by atoms with Crippen molar-refractivity contribution in [2.75, 3.05) is 68.8 Å². The van der Waals surface area contributed by atoms with Gasteiger partial charge in [-0.3, -0.25) is 4.79 Å². The Labute approximate surface area is 217 Å². The fourth-order valence-electron chi connectivity index (χ4n) is 3.66. The minimum absolute atomic E-state index is 0.196. The summed E-state index contributed by atoms with van der Waals surface area (Å²) in [6.07, 6.45) is 3.18.